The van der Waals surface area contributed by atoms with Crippen molar-refractivity contribution in [3.63, 3.8) is 0 Å². The molecule has 0 radical (unpaired) electrons. The van der Waals surface area contributed by atoms with Crippen molar-refractivity contribution in [1.82, 2.24) is 5.32 Å². The lowest BCUT2D eigenvalue weighted by molar-refractivity contribution is -0.120. The van der Waals surface area contributed by atoms with Crippen LogP contribution in [0.4, 0.5) is 0 Å². The Kier molecular flexibility index (Phi) is 11.3. The van der Waals surface area contributed by atoms with Crippen molar-refractivity contribution in [2.75, 3.05) is 34.5 Å². The molecule has 0 aliphatic rings. The molecule has 1 N–H and O–H groups in total. The maximum absolute atomic E-state index is 11.9. The first-order valence-electron chi connectivity index (χ1n) is 6.71. The van der Waals surface area contributed by atoms with E-state index < -0.39 is 8.80 Å². The molecule has 0 aromatic carbocycles. The van der Waals surface area contributed by atoms with E-state index in [2.05, 4.69) is 5.32 Å². The van der Waals surface area contributed by atoms with Gasteiger partial charge in [0.05, 0.1) is 11.9 Å². The van der Waals surface area contributed by atoms with Crippen molar-refractivity contribution >= 4 is 43.1 Å². The third kappa shape index (κ3) is 8.12. The molecule has 1 unspecified atom stereocenters. The van der Waals surface area contributed by atoms with Gasteiger partial charge < -0.3 is 23.3 Å². The van der Waals surface area contributed by atoms with Crippen molar-refractivity contribution in [3.05, 3.63) is 0 Å². The second-order valence-electron chi connectivity index (χ2n) is 4.13. The Bertz CT molecular complexity index is 321. The molecule has 9 heteroatoms. The van der Waals surface area contributed by atoms with E-state index in [0.29, 0.717) is 23.6 Å². The standard InChI is InChI=1S/C12H25NO5S2Si/c1-6-18-12(19)20-10(2)11(14)13-8-7-9-21(15-3,16-4)17-5/h10H,6-9H2,1-5H3,(H,13,14). The second-order valence-corrected chi connectivity index (χ2v) is 9.17. The minimum Gasteiger partial charge on any atom is -0.479 e. The fourth-order valence-corrected chi connectivity index (χ4v) is 4.50. The number of nitrogens with one attached hydrogen (secondary N) is 1. The van der Waals surface area contributed by atoms with Gasteiger partial charge in [0.2, 0.25) is 10.3 Å². The minimum absolute atomic E-state index is 0.0680. The summed E-state index contributed by atoms with van der Waals surface area (Å²) < 4.78 is 21.5. The topological polar surface area (TPSA) is 66.0 Å². The zero-order valence-electron chi connectivity index (χ0n) is 13.3. The van der Waals surface area contributed by atoms with Gasteiger partial charge in [-0.05, 0) is 32.5 Å². The lowest BCUT2D eigenvalue weighted by Crippen LogP contribution is -2.43. The van der Waals surface area contributed by atoms with Crippen molar-refractivity contribution in [2.24, 2.45) is 0 Å². The Balaban J connectivity index is 4.01. The quantitative estimate of drug-likeness (QED) is 0.364. The van der Waals surface area contributed by atoms with Crippen LogP contribution in [-0.4, -0.2) is 58.8 Å². The summed E-state index contributed by atoms with van der Waals surface area (Å²) in [7, 11) is 2.17. The van der Waals surface area contributed by atoms with Gasteiger partial charge in [-0.1, -0.05) is 11.8 Å². The normalized spacial score (nSPS) is 12.8. The predicted octanol–water partition coefficient (Wildman–Crippen LogP) is 1.81. The fourth-order valence-electron chi connectivity index (χ4n) is 1.57. The van der Waals surface area contributed by atoms with E-state index in [1.54, 1.807) is 28.3 Å². The Morgan fingerprint density at radius 2 is 1.86 bits per heavy atom. The number of amides is 1. The summed E-state index contributed by atoms with van der Waals surface area (Å²) >= 11 is 6.24. The van der Waals surface area contributed by atoms with Gasteiger partial charge in [-0.15, -0.1) is 0 Å². The third-order valence-electron chi connectivity index (χ3n) is 2.80. The van der Waals surface area contributed by atoms with Gasteiger partial charge in [-0.3, -0.25) is 4.79 Å². The van der Waals surface area contributed by atoms with Crippen LogP contribution >= 0.6 is 24.0 Å². The number of hydrogen-bond acceptors (Lipinski definition) is 7. The van der Waals surface area contributed by atoms with E-state index in [1.807, 2.05) is 6.92 Å². The van der Waals surface area contributed by atoms with Gasteiger partial charge in [0.25, 0.3) is 0 Å². The summed E-state index contributed by atoms with van der Waals surface area (Å²) in [6, 6.07) is 0.648. The minimum atomic E-state index is -2.55. The van der Waals surface area contributed by atoms with Gasteiger partial charge >= 0.3 is 8.80 Å². The maximum atomic E-state index is 11.9. The SMILES string of the molecule is CCOC(=S)SC(C)C(=O)NCCC[Si](OC)(OC)OC. The lowest BCUT2D eigenvalue weighted by Gasteiger charge is -2.24. The Labute approximate surface area is 137 Å². The molecule has 0 aliphatic heterocycles. The van der Waals surface area contributed by atoms with E-state index in [1.165, 1.54) is 11.8 Å². The second kappa shape index (κ2) is 11.4. The molecule has 0 saturated carbocycles. The summed E-state index contributed by atoms with van der Waals surface area (Å²) in [5, 5.41) is 2.58. The highest BCUT2D eigenvalue weighted by molar-refractivity contribution is 8.23. The Hall–Kier alpha value is -0.193. The predicted molar refractivity (Wildman–Crippen MR) is 90.5 cm³/mol. The van der Waals surface area contributed by atoms with Gasteiger partial charge in [-0.2, -0.15) is 0 Å². The van der Waals surface area contributed by atoms with Crippen LogP contribution in [0.2, 0.25) is 6.04 Å². The molecule has 0 aromatic rings. The van der Waals surface area contributed by atoms with Crippen LogP contribution in [0.25, 0.3) is 0 Å². The molecule has 0 heterocycles. The molecule has 0 aromatic heterocycles. The largest absolute Gasteiger partial charge is 0.500 e. The average molecular weight is 356 g/mol. The monoisotopic (exact) mass is 355 g/mol. The summed E-state index contributed by atoms with van der Waals surface area (Å²) in [5.74, 6) is -0.0680. The first-order valence-corrected chi connectivity index (χ1v) is 9.93. The Morgan fingerprint density at radius 3 is 2.33 bits per heavy atom. The van der Waals surface area contributed by atoms with Crippen molar-refractivity contribution in [1.29, 1.82) is 0 Å². The zero-order valence-corrected chi connectivity index (χ0v) is 15.9. The number of hydrogen-bond donors (Lipinski definition) is 1. The first kappa shape index (κ1) is 20.8. The summed E-state index contributed by atoms with van der Waals surface area (Å²) in [6.07, 6.45) is 0.723. The maximum Gasteiger partial charge on any atom is 0.500 e. The number of carbonyl (C=O) groups excluding carboxylic acids is 1. The molecule has 124 valence electrons. The fraction of sp³-hybridized carbons (Fsp3) is 0.833. The van der Waals surface area contributed by atoms with Crippen molar-refractivity contribution in [3.8, 4) is 0 Å². The number of rotatable bonds is 10. The molecule has 0 rings (SSSR count). The van der Waals surface area contributed by atoms with Crippen LogP contribution in [-0.2, 0) is 22.8 Å². The van der Waals surface area contributed by atoms with Gasteiger partial charge in [0.1, 0.15) is 0 Å². The molecule has 0 bridgehead atoms. The van der Waals surface area contributed by atoms with E-state index in [0.717, 1.165) is 6.42 Å². The molecule has 0 saturated heterocycles. The van der Waals surface area contributed by atoms with E-state index in [9.17, 15) is 4.79 Å². The van der Waals surface area contributed by atoms with Gasteiger partial charge in [-0.25, -0.2) is 0 Å². The van der Waals surface area contributed by atoms with Crippen molar-refractivity contribution < 1.29 is 22.8 Å². The van der Waals surface area contributed by atoms with Crippen LogP contribution in [0.3, 0.4) is 0 Å². The number of ether oxygens (including phenoxy) is 1. The van der Waals surface area contributed by atoms with Gasteiger partial charge in [0.15, 0.2) is 0 Å². The van der Waals surface area contributed by atoms with E-state index >= 15 is 0 Å². The van der Waals surface area contributed by atoms with Gasteiger partial charge in [0, 0.05) is 33.9 Å². The molecule has 21 heavy (non-hydrogen) atoms. The summed E-state index contributed by atoms with van der Waals surface area (Å²) in [4.78, 5) is 11.9. The number of thiocarbonyl (C=S) groups is 1. The molecule has 0 spiro atoms. The average Bonchev–Trinajstić information content (AvgIpc) is 2.48. The highest BCUT2D eigenvalue weighted by atomic mass is 32.2. The zero-order chi connectivity index (χ0) is 16.3. The molecule has 0 fully saturated rings. The van der Waals surface area contributed by atoms with E-state index in [-0.39, 0.29) is 11.2 Å². The van der Waals surface area contributed by atoms with Crippen LogP contribution in [0, 0.1) is 0 Å². The highest BCUT2D eigenvalue weighted by Gasteiger charge is 2.36. The van der Waals surface area contributed by atoms with Crippen LogP contribution in [0.1, 0.15) is 20.3 Å². The number of carbonyl (C=O) groups is 1. The lowest BCUT2D eigenvalue weighted by atomic mass is 10.4. The van der Waals surface area contributed by atoms with Crippen LogP contribution < -0.4 is 5.32 Å². The van der Waals surface area contributed by atoms with Crippen LogP contribution in [0.5, 0.6) is 0 Å². The van der Waals surface area contributed by atoms with Crippen LogP contribution in [0.15, 0.2) is 0 Å². The smallest absolute Gasteiger partial charge is 0.479 e. The molecular weight excluding hydrogens is 330 g/mol. The van der Waals surface area contributed by atoms with Crippen molar-refractivity contribution in [2.45, 2.75) is 31.6 Å². The highest BCUT2D eigenvalue weighted by Crippen LogP contribution is 2.16. The number of thioether (sulfide) groups is 1. The van der Waals surface area contributed by atoms with E-state index in [4.69, 9.17) is 30.2 Å². The summed E-state index contributed by atoms with van der Waals surface area (Å²) in [5.41, 5.74) is 0. The first-order chi connectivity index (χ1) is 9.94. The molecule has 0 aliphatic carbocycles. The summed E-state index contributed by atoms with van der Waals surface area (Å²) in [6.45, 7) is 4.70. The molecule has 1 atom stereocenters. The third-order valence-corrected chi connectivity index (χ3v) is 6.91. The molecule has 1 amide bonds. The Morgan fingerprint density at radius 1 is 1.29 bits per heavy atom. The molecule has 6 nitrogen and oxygen atoms in total. The molecular formula is C12H25NO5S2Si.